The number of anilines is 1. The van der Waals surface area contributed by atoms with E-state index >= 15 is 0 Å². The first-order chi connectivity index (χ1) is 6.74. The van der Waals surface area contributed by atoms with E-state index in [-0.39, 0.29) is 6.10 Å². The molecule has 1 saturated heterocycles. The Balaban J connectivity index is 2.42. The Bertz CT molecular complexity index is 384. The molecule has 0 bridgehead atoms. The van der Waals surface area contributed by atoms with Gasteiger partial charge in [0.1, 0.15) is 29.2 Å². The zero-order chi connectivity index (χ0) is 10.1. The van der Waals surface area contributed by atoms with Gasteiger partial charge in [-0.1, -0.05) is 0 Å². The Kier molecular flexibility index (Phi) is 2.14. The maximum Gasteiger partial charge on any atom is 0.139 e. The molecule has 0 saturated carbocycles. The van der Waals surface area contributed by atoms with E-state index in [9.17, 15) is 0 Å². The molecule has 2 rings (SSSR count). The van der Waals surface area contributed by atoms with E-state index in [1.54, 1.807) is 7.05 Å². The van der Waals surface area contributed by atoms with Crippen LogP contribution < -0.4 is 5.73 Å². The fourth-order valence-corrected chi connectivity index (χ4v) is 1.69. The van der Waals surface area contributed by atoms with Crippen molar-refractivity contribution < 1.29 is 4.74 Å². The Labute approximate surface area is 82.1 Å². The van der Waals surface area contributed by atoms with Gasteiger partial charge in [0.15, 0.2) is 0 Å². The predicted octanol–water partition coefficient (Wildman–Crippen LogP) is 0.725. The fourth-order valence-electron chi connectivity index (χ4n) is 1.69. The highest BCUT2D eigenvalue weighted by atomic mass is 16.5. The molecular formula is C9H12N4O. The number of rotatable bonds is 1. The lowest BCUT2D eigenvalue weighted by atomic mass is 10.1. The molecule has 1 fully saturated rings. The highest BCUT2D eigenvalue weighted by Gasteiger charge is 2.25. The second-order valence-corrected chi connectivity index (χ2v) is 3.38. The second-order valence-electron chi connectivity index (χ2n) is 3.38. The van der Waals surface area contributed by atoms with Crippen molar-refractivity contribution in [1.29, 1.82) is 5.26 Å². The van der Waals surface area contributed by atoms with Crippen molar-refractivity contribution in [3.05, 3.63) is 11.3 Å². The number of ether oxygens (including phenoxy) is 1. The Morgan fingerprint density at radius 2 is 2.50 bits per heavy atom. The van der Waals surface area contributed by atoms with Gasteiger partial charge in [0, 0.05) is 13.7 Å². The van der Waals surface area contributed by atoms with Crippen LogP contribution in [0, 0.1) is 11.3 Å². The Morgan fingerprint density at radius 1 is 1.71 bits per heavy atom. The predicted molar refractivity (Wildman–Crippen MR) is 50.3 cm³/mol. The number of nitrogens with two attached hydrogens (primary N) is 1. The van der Waals surface area contributed by atoms with Crippen molar-refractivity contribution >= 4 is 5.82 Å². The molecule has 14 heavy (non-hydrogen) atoms. The van der Waals surface area contributed by atoms with Crippen LogP contribution in [0.3, 0.4) is 0 Å². The van der Waals surface area contributed by atoms with Gasteiger partial charge in [-0.3, -0.25) is 4.68 Å². The lowest BCUT2D eigenvalue weighted by Gasteiger charge is -2.04. The smallest absolute Gasteiger partial charge is 0.139 e. The zero-order valence-electron chi connectivity index (χ0n) is 8.03. The molecule has 74 valence electrons. The van der Waals surface area contributed by atoms with Crippen LogP contribution in [0.15, 0.2) is 0 Å². The van der Waals surface area contributed by atoms with Gasteiger partial charge in [-0.15, -0.1) is 0 Å². The average Bonchev–Trinajstić information content (AvgIpc) is 2.76. The summed E-state index contributed by atoms with van der Waals surface area (Å²) in [6.45, 7) is 0.742. The van der Waals surface area contributed by atoms with E-state index in [1.807, 2.05) is 0 Å². The third kappa shape index (κ3) is 1.24. The van der Waals surface area contributed by atoms with Crippen molar-refractivity contribution in [3.63, 3.8) is 0 Å². The number of aromatic nitrogens is 2. The molecule has 0 aromatic carbocycles. The molecule has 2 heterocycles. The fraction of sp³-hybridized carbons (Fsp3) is 0.556. The van der Waals surface area contributed by atoms with E-state index in [0.29, 0.717) is 17.1 Å². The Hall–Kier alpha value is -1.54. The minimum Gasteiger partial charge on any atom is -0.383 e. The molecule has 0 radical (unpaired) electrons. The van der Waals surface area contributed by atoms with Crippen LogP contribution >= 0.6 is 0 Å². The summed E-state index contributed by atoms with van der Waals surface area (Å²) in [6, 6.07) is 2.07. The summed E-state index contributed by atoms with van der Waals surface area (Å²) < 4.78 is 6.99. The molecule has 1 atom stereocenters. The van der Waals surface area contributed by atoms with Crippen molar-refractivity contribution in [1.82, 2.24) is 9.78 Å². The minimum absolute atomic E-state index is 0.0480. The summed E-state index contributed by atoms with van der Waals surface area (Å²) in [4.78, 5) is 0. The van der Waals surface area contributed by atoms with Gasteiger partial charge in [-0.2, -0.15) is 10.4 Å². The Morgan fingerprint density at radius 3 is 3.07 bits per heavy atom. The van der Waals surface area contributed by atoms with E-state index in [4.69, 9.17) is 15.7 Å². The van der Waals surface area contributed by atoms with E-state index in [0.717, 1.165) is 19.4 Å². The zero-order valence-corrected chi connectivity index (χ0v) is 8.03. The molecule has 1 aliphatic rings. The van der Waals surface area contributed by atoms with Crippen molar-refractivity contribution in [3.8, 4) is 6.07 Å². The normalized spacial score (nSPS) is 21.0. The van der Waals surface area contributed by atoms with Crippen LogP contribution in [0.2, 0.25) is 0 Å². The first-order valence-corrected chi connectivity index (χ1v) is 4.58. The van der Waals surface area contributed by atoms with E-state index in [1.165, 1.54) is 4.68 Å². The molecule has 1 aromatic rings. The number of hydrogen-bond donors (Lipinski definition) is 1. The topological polar surface area (TPSA) is 76.9 Å². The molecule has 0 aliphatic carbocycles. The summed E-state index contributed by atoms with van der Waals surface area (Å²) in [6.07, 6.45) is 1.89. The number of nitrogens with zero attached hydrogens (tertiary/aromatic N) is 3. The maximum atomic E-state index is 8.93. The number of aryl methyl sites for hydroxylation is 1. The van der Waals surface area contributed by atoms with Gasteiger partial charge in [0.25, 0.3) is 0 Å². The van der Waals surface area contributed by atoms with Crippen LogP contribution in [-0.4, -0.2) is 16.4 Å². The van der Waals surface area contributed by atoms with Crippen molar-refractivity contribution in [2.45, 2.75) is 18.9 Å². The van der Waals surface area contributed by atoms with Crippen LogP contribution in [0.5, 0.6) is 0 Å². The molecule has 0 unspecified atom stereocenters. The van der Waals surface area contributed by atoms with Gasteiger partial charge in [0.05, 0.1) is 0 Å². The van der Waals surface area contributed by atoms with Gasteiger partial charge in [-0.25, -0.2) is 0 Å². The lowest BCUT2D eigenvalue weighted by Crippen LogP contribution is -2.00. The van der Waals surface area contributed by atoms with Gasteiger partial charge in [0.2, 0.25) is 0 Å². The largest absolute Gasteiger partial charge is 0.383 e. The number of hydrogen-bond acceptors (Lipinski definition) is 4. The molecule has 0 spiro atoms. The third-order valence-corrected chi connectivity index (χ3v) is 2.47. The first-order valence-electron chi connectivity index (χ1n) is 4.58. The van der Waals surface area contributed by atoms with Crippen LogP contribution in [-0.2, 0) is 11.8 Å². The summed E-state index contributed by atoms with van der Waals surface area (Å²) in [7, 11) is 1.73. The second kappa shape index (κ2) is 3.31. The lowest BCUT2D eigenvalue weighted by molar-refractivity contribution is 0.108. The van der Waals surface area contributed by atoms with Crippen LogP contribution in [0.1, 0.15) is 30.2 Å². The number of nitriles is 1. The summed E-state index contributed by atoms with van der Waals surface area (Å²) in [5.74, 6) is 0.415. The first kappa shape index (κ1) is 9.03. The molecule has 2 N–H and O–H groups in total. The summed E-state index contributed by atoms with van der Waals surface area (Å²) in [5.41, 5.74) is 6.85. The standard InChI is InChI=1S/C9H12N4O/c1-13-9(11)6(5-10)8(12-13)7-3-2-4-14-7/h7H,2-4,11H2,1H3/t7-/m1/s1. The van der Waals surface area contributed by atoms with E-state index in [2.05, 4.69) is 11.2 Å². The molecule has 5 nitrogen and oxygen atoms in total. The van der Waals surface area contributed by atoms with Crippen LogP contribution in [0.4, 0.5) is 5.82 Å². The summed E-state index contributed by atoms with van der Waals surface area (Å²) >= 11 is 0. The quantitative estimate of drug-likeness (QED) is 0.711. The SMILES string of the molecule is Cn1nc([C@H]2CCCO2)c(C#N)c1N. The van der Waals surface area contributed by atoms with Crippen LogP contribution in [0.25, 0.3) is 0 Å². The highest BCUT2D eigenvalue weighted by Crippen LogP contribution is 2.31. The third-order valence-electron chi connectivity index (χ3n) is 2.47. The van der Waals surface area contributed by atoms with E-state index < -0.39 is 0 Å². The molecule has 1 aliphatic heterocycles. The van der Waals surface area contributed by atoms with Gasteiger partial charge in [-0.05, 0) is 12.8 Å². The molecule has 0 amide bonds. The minimum atomic E-state index is -0.0480. The molecule has 1 aromatic heterocycles. The number of nitrogen functional groups attached to an aromatic ring is 1. The van der Waals surface area contributed by atoms with Crippen molar-refractivity contribution in [2.75, 3.05) is 12.3 Å². The summed E-state index contributed by atoms with van der Waals surface area (Å²) in [5, 5.41) is 13.1. The average molecular weight is 192 g/mol. The molecular weight excluding hydrogens is 180 g/mol. The maximum absolute atomic E-state index is 8.93. The highest BCUT2D eigenvalue weighted by molar-refractivity contribution is 5.52. The van der Waals surface area contributed by atoms with Gasteiger partial charge < -0.3 is 10.5 Å². The molecule has 5 heteroatoms. The monoisotopic (exact) mass is 192 g/mol. The van der Waals surface area contributed by atoms with Gasteiger partial charge >= 0.3 is 0 Å². The van der Waals surface area contributed by atoms with Crippen molar-refractivity contribution in [2.24, 2.45) is 7.05 Å².